The predicted octanol–water partition coefficient (Wildman–Crippen LogP) is 3.26. The number of rotatable bonds is 4. The van der Waals surface area contributed by atoms with E-state index in [2.05, 4.69) is 27.1 Å². The first-order chi connectivity index (χ1) is 7.06. The second kappa shape index (κ2) is 5.55. The lowest BCUT2D eigenvalue weighted by Gasteiger charge is -2.11. The number of anilines is 2. The van der Waals surface area contributed by atoms with Gasteiger partial charge >= 0.3 is 0 Å². The van der Waals surface area contributed by atoms with Crippen molar-refractivity contribution < 1.29 is 8.78 Å². The minimum atomic E-state index is -2.79. The van der Waals surface area contributed by atoms with Gasteiger partial charge in [0, 0.05) is 23.3 Å². The second-order valence-corrected chi connectivity index (χ2v) is 4.80. The number of nitrogens with two attached hydrogens (primary N) is 1. The van der Waals surface area contributed by atoms with Crippen LogP contribution in [0.25, 0.3) is 0 Å². The van der Waals surface area contributed by atoms with Gasteiger partial charge in [0.1, 0.15) is 5.71 Å². The van der Waals surface area contributed by atoms with Crippen molar-refractivity contribution in [1.29, 1.82) is 5.41 Å². The van der Waals surface area contributed by atoms with E-state index in [-0.39, 0.29) is 5.56 Å². The zero-order chi connectivity index (χ0) is 11.4. The van der Waals surface area contributed by atoms with Crippen molar-refractivity contribution in [2.75, 3.05) is 10.8 Å². The molecule has 0 radical (unpaired) electrons. The third-order valence-corrected chi connectivity index (χ3v) is 2.91. The number of benzene rings is 1. The van der Waals surface area contributed by atoms with E-state index in [0.717, 1.165) is 0 Å². The highest BCUT2D eigenvalue weighted by atomic mass is 127. The molecular weight excluding hydrogens is 334 g/mol. The number of hydrogen-bond donors (Lipinski definition) is 3. The number of nitrogens with one attached hydrogen (secondary N) is 2. The van der Waals surface area contributed by atoms with Crippen LogP contribution in [-0.2, 0) is 0 Å². The molecule has 4 N–H and O–H groups in total. The van der Waals surface area contributed by atoms with E-state index in [1.165, 1.54) is 6.07 Å². The monoisotopic (exact) mass is 343 g/mol. The van der Waals surface area contributed by atoms with Crippen molar-refractivity contribution in [2.45, 2.75) is 6.43 Å². The summed E-state index contributed by atoms with van der Waals surface area (Å²) in [5.41, 5.74) is 5.83. The number of alkyl halides is 2. The summed E-state index contributed by atoms with van der Waals surface area (Å²) in [6.07, 6.45) is -2.43. The number of nitrogen functional groups attached to an aromatic ring is 1. The van der Waals surface area contributed by atoms with E-state index in [9.17, 15) is 8.78 Å². The standard InChI is InChI=1S/C8H9F2IN3P/c9-8(10)7(13)5-3-4(12)1-2-6(5)14-15-11/h1-3,8,13-15H,12H2. The molecule has 0 aliphatic heterocycles. The average molecular weight is 343 g/mol. The second-order valence-electron chi connectivity index (χ2n) is 2.74. The molecule has 0 amide bonds. The fourth-order valence-corrected chi connectivity index (χ4v) is 2.25. The van der Waals surface area contributed by atoms with Crippen molar-refractivity contribution >= 4 is 45.5 Å². The van der Waals surface area contributed by atoms with E-state index < -0.39 is 12.1 Å². The Balaban J connectivity index is 3.12. The lowest BCUT2D eigenvalue weighted by Crippen LogP contribution is -2.12. The Hall–Kier alpha value is -0.490. The van der Waals surface area contributed by atoms with Gasteiger partial charge in [-0.05, 0) is 40.2 Å². The van der Waals surface area contributed by atoms with Gasteiger partial charge in [0.2, 0.25) is 0 Å². The molecule has 0 aliphatic rings. The molecule has 0 aliphatic carbocycles. The van der Waals surface area contributed by atoms with Crippen LogP contribution in [0.15, 0.2) is 18.2 Å². The molecule has 0 aromatic heterocycles. The Kier molecular flexibility index (Phi) is 4.66. The van der Waals surface area contributed by atoms with E-state index >= 15 is 0 Å². The van der Waals surface area contributed by atoms with Crippen molar-refractivity contribution in [3.05, 3.63) is 23.8 Å². The zero-order valence-corrected chi connectivity index (χ0v) is 10.7. The van der Waals surface area contributed by atoms with Gasteiger partial charge in [-0.25, -0.2) is 8.78 Å². The minimum Gasteiger partial charge on any atom is -0.399 e. The molecule has 0 saturated heterocycles. The number of halogens is 3. The van der Waals surface area contributed by atoms with E-state index in [4.69, 9.17) is 11.1 Å². The SMILES string of the molecule is N=C(c1cc(N)ccc1NPI)C(F)F. The molecule has 1 rings (SSSR count). The van der Waals surface area contributed by atoms with Crippen LogP contribution < -0.4 is 10.8 Å². The van der Waals surface area contributed by atoms with Crippen molar-refractivity contribution in [3.63, 3.8) is 0 Å². The van der Waals surface area contributed by atoms with Crippen LogP contribution in [0.1, 0.15) is 5.56 Å². The lowest BCUT2D eigenvalue weighted by molar-refractivity contribution is 0.225. The summed E-state index contributed by atoms with van der Waals surface area (Å²) in [5.74, 6) is 0. The van der Waals surface area contributed by atoms with Crippen LogP contribution >= 0.6 is 28.4 Å². The molecule has 15 heavy (non-hydrogen) atoms. The molecule has 1 unspecified atom stereocenters. The van der Waals surface area contributed by atoms with Crippen LogP contribution in [0.3, 0.4) is 0 Å². The van der Waals surface area contributed by atoms with Crippen molar-refractivity contribution in [1.82, 2.24) is 0 Å². The summed E-state index contributed by atoms with van der Waals surface area (Å²) >= 11 is 2.08. The number of hydrogen-bond acceptors (Lipinski definition) is 3. The summed E-state index contributed by atoms with van der Waals surface area (Å²) in [4.78, 5) is 0. The Morgan fingerprint density at radius 2 is 2.20 bits per heavy atom. The maximum atomic E-state index is 12.4. The third kappa shape index (κ3) is 3.24. The van der Waals surface area contributed by atoms with Gasteiger partial charge < -0.3 is 10.8 Å². The smallest absolute Gasteiger partial charge is 0.280 e. The maximum absolute atomic E-state index is 12.4. The normalized spacial score (nSPS) is 11.2. The summed E-state index contributed by atoms with van der Waals surface area (Å²) in [6, 6.07) is 4.60. The topological polar surface area (TPSA) is 61.9 Å². The molecular formula is C8H9F2IN3P. The largest absolute Gasteiger partial charge is 0.399 e. The molecule has 1 aromatic carbocycles. The summed E-state index contributed by atoms with van der Waals surface area (Å²) in [7, 11) is 0. The maximum Gasteiger partial charge on any atom is 0.280 e. The molecule has 0 saturated carbocycles. The van der Waals surface area contributed by atoms with Gasteiger partial charge in [-0.15, -0.1) is 0 Å². The molecule has 0 bridgehead atoms. The molecule has 1 atom stereocenters. The Morgan fingerprint density at radius 3 is 2.73 bits per heavy atom. The molecule has 7 heteroatoms. The van der Waals surface area contributed by atoms with Crippen molar-refractivity contribution in [2.24, 2.45) is 0 Å². The Labute approximate surface area is 101 Å². The lowest BCUT2D eigenvalue weighted by atomic mass is 10.1. The Bertz CT molecular complexity index is 373. The first-order valence-corrected chi connectivity index (χ1v) is 8.06. The molecule has 0 heterocycles. The average Bonchev–Trinajstić information content (AvgIpc) is 2.20. The fraction of sp³-hybridized carbons (Fsp3) is 0.125. The van der Waals surface area contributed by atoms with Crippen LogP contribution in [-0.4, -0.2) is 12.1 Å². The van der Waals surface area contributed by atoms with Gasteiger partial charge in [0.05, 0.1) is 0 Å². The summed E-state index contributed by atoms with van der Waals surface area (Å²) < 4.78 is 24.7. The molecule has 3 nitrogen and oxygen atoms in total. The van der Waals surface area contributed by atoms with Gasteiger partial charge in [-0.3, -0.25) is 5.41 Å². The van der Waals surface area contributed by atoms with Gasteiger partial charge in [-0.2, -0.15) is 0 Å². The Morgan fingerprint density at radius 1 is 1.53 bits per heavy atom. The zero-order valence-electron chi connectivity index (χ0n) is 7.52. The van der Waals surface area contributed by atoms with Gasteiger partial charge in [0.25, 0.3) is 6.43 Å². The highest BCUT2D eigenvalue weighted by Crippen LogP contribution is 2.29. The predicted molar refractivity (Wildman–Crippen MR) is 69.6 cm³/mol. The van der Waals surface area contributed by atoms with Crippen LogP contribution in [0.5, 0.6) is 0 Å². The van der Waals surface area contributed by atoms with Gasteiger partial charge in [-0.1, -0.05) is 0 Å². The summed E-state index contributed by atoms with van der Waals surface area (Å²) in [6.45, 7) is 0. The summed E-state index contributed by atoms with van der Waals surface area (Å²) in [5, 5.41) is 10.2. The first kappa shape index (κ1) is 12.6. The van der Waals surface area contributed by atoms with Crippen LogP contribution in [0.2, 0.25) is 0 Å². The van der Waals surface area contributed by atoms with Crippen LogP contribution in [0.4, 0.5) is 20.2 Å². The van der Waals surface area contributed by atoms with E-state index in [0.29, 0.717) is 17.7 Å². The minimum absolute atomic E-state index is 0.161. The molecule has 82 valence electrons. The van der Waals surface area contributed by atoms with Gasteiger partial charge in [0.15, 0.2) is 0 Å². The van der Waals surface area contributed by atoms with Crippen molar-refractivity contribution in [3.8, 4) is 0 Å². The highest BCUT2D eigenvalue weighted by molar-refractivity contribution is 14.2. The quantitative estimate of drug-likeness (QED) is 0.340. The van der Waals surface area contributed by atoms with E-state index in [1.807, 2.05) is 0 Å². The first-order valence-electron chi connectivity index (χ1n) is 3.94. The molecule has 0 fully saturated rings. The van der Waals surface area contributed by atoms with E-state index in [1.54, 1.807) is 12.1 Å². The highest BCUT2D eigenvalue weighted by Gasteiger charge is 2.16. The molecule has 0 spiro atoms. The van der Waals surface area contributed by atoms with Crippen LogP contribution in [0, 0.1) is 5.41 Å². The molecule has 1 aromatic rings. The third-order valence-electron chi connectivity index (χ3n) is 1.73. The fourth-order valence-electron chi connectivity index (χ4n) is 1.06.